The lowest BCUT2D eigenvalue weighted by atomic mass is 9.81. The highest BCUT2D eigenvalue weighted by molar-refractivity contribution is 5.92. The van der Waals surface area contributed by atoms with Crippen LogP contribution in [0.3, 0.4) is 0 Å². The summed E-state index contributed by atoms with van der Waals surface area (Å²) in [5.41, 5.74) is 0.0968. The molecule has 7 nitrogen and oxygen atoms in total. The zero-order valence-corrected chi connectivity index (χ0v) is 15.9. The number of rotatable bonds is 3. The summed E-state index contributed by atoms with van der Waals surface area (Å²) in [6.07, 6.45) is 2.69. The second-order valence-corrected chi connectivity index (χ2v) is 7.73. The van der Waals surface area contributed by atoms with Crippen molar-refractivity contribution >= 4 is 11.9 Å². The van der Waals surface area contributed by atoms with Gasteiger partial charge in [0.1, 0.15) is 12.2 Å². The Kier molecular flexibility index (Phi) is 5.05. The molecule has 0 aromatic carbocycles. The molecule has 3 rings (SSSR count). The van der Waals surface area contributed by atoms with E-state index in [0.29, 0.717) is 12.0 Å². The van der Waals surface area contributed by atoms with Crippen molar-refractivity contribution in [2.75, 3.05) is 6.61 Å². The van der Waals surface area contributed by atoms with Crippen LogP contribution < -0.4 is 0 Å². The zero-order chi connectivity index (χ0) is 20.0. The maximum atomic E-state index is 12.4. The van der Waals surface area contributed by atoms with Crippen LogP contribution in [0.5, 0.6) is 0 Å². The van der Waals surface area contributed by atoms with Crippen LogP contribution in [0, 0.1) is 5.92 Å². The van der Waals surface area contributed by atoms with Crippen molar-refractivity contribution in [1.29, 1.82) is 0 Å². The Bertz CT molecular complexity index is 737. The van der Waals surface area contributed by atoms with Gasteiger partial charge in [0.15, 0.2) is 5.79 Å². The molecule has 0 aromatic rings. The molecule has 0 aromatic heterocycles. The number of aliphatic hydroxyl groups is 2. The number of ether oxygens (including phenoxy) is 3. The van der Waals surface area contributed by atoms with Gasteiger partial charge in [-0.25, -0.2) is 9.59 Å². The SMILES string of the molecule is C=C1C(=O)O[C@H]2/C=C(/CO)[C@]3(O)CC[C@@](C)(C[C@@H](OC(=O)/C(C)=C\C)[C@@H]12)O3. The molecule has 0 amide bonds. The van der Waals surface area contributed by atoms with Crippen LogP contribution in [0.2, 0.25) is 0 Å². The van der Waals surface area contributed by atoms with E-state index in [1.165, 1.54) is 6.08 Å². The lowest BCUT2D eigenvalue weighted by Crippen LogP contribution is -2.40. The zero-order valence-electron chi connectivity index (χ0n) is 15.9. The van der Waals surface area contributed by atoms with Crippen LogP contribution in [0.4, 0.5) is 0 Å². The Morgan fingerprint density at radius 1 is 1.48 bits per heavy atom. The van der Waals surface area contributed by atoms with Crippen LogP contribution in [-0.4, -0.2) is 52.4 Å². The molecule has 27 heavy (non-hydrogen) atoms. The summed E-state index contributed by atoms with van der Waals surface area (Å²) in [6, 6.07) is 0. The van der Waals surface area contributed by atoms with Gasteiger partial charge in [-0.1, -0.05) is 12.7 Å². The summed E-state index contributed by atoms with van der Waals surface area (Å²) in [7, 11) is 0. The molecule has 5 atom stereocenters. The molecular weight excluding hydrogens is 352 g/mol. The van der Waals surface area contributed by atoms with Crippen molar-refractivity contribution in [2.45, 2.75) is 63.6 Å². The number of carbonyl (C=O) groups excluding carboxylic acids is 2. The Balaban J connectivity index is 2.05. The van der Waals surface area contributed by atoms with E-state index in [2.05, 4.69) is 6.58 Å². The molecule has 2 saturated heterocycles. The van der Waals surface area contributed by atoms with Crippen LogP contribution >= 0.6 is 0 Å². The standard InChI is InChI=1S/C20H26O7/c1-5-11(2)17(22)26-15-9-19(4)6-7-20(24,27-19)13(10-21)8-14-16(15)12(3)18(23)25-14/h5,8,14-16,21,24H,3,6-7,9-10H2,1-2,4H3/b11-5-,13-8-/t14-,15+,16-,19-,20-/m0/s1. The predicted octanol–water partition coefficient (Wildman–Crippen LogP) is 1.54. The quantitative estimate of drug-likeness (QED) is 0.436. The summed E-state index contributed by atoms with van der Waals surface area (Å²) in [4.78, 5) is 24.6. The van der Waals surface area contributed by atoms with Crippen molar-refractivity contribution in [3.8, 4) is 0 Å². The van der Waals surface area contributed by atoms with Crippen molar-refractivity contribution in [2.24, 2.45) is 5.92 Å². The number of esters is 2. The summed E-state index contributed by atoms with van der Waals surface area (Å²) in [5, 5.41) is 20.7. The van der Waals surface area contributed by atoms with E-state index in [1.54, 1.807) is 19.9 Å². The smallest absolute Gasteiger partial charge is 0.334 e. The summed E-state index contributed by atoms with van der Waals surface area (Å²) in [5.74, 6) is -3.32. The molecule has 0 saturated carbocycles. The van der Waals surface area contributed by atoms with E-state index >= 15 is 0 Å². The number of hydrogen-bond acceptors (Lipinski definition) is 7. The van der Waals surface area contributed by atoms with Crippen molar-refractivity contribution in [3.63, 3.8) is 0 Å². The first-order valence-corrected chi connectivity index (χ1v) is 9.11. The molecule has 7 heteroatoms. The molecule has 2 fully saturated rings. The molecule has 3 aliphatic rings. The normalized spacial score (nSPS) is 41.0. The first kappa shape index (κ1) is 19.8. The van der Waals surface area contributed by atoms with Crippen LogP contribution in [-0.2, 0) is 23.8 Å². The highest BCUT2D eigenvalue weighted by Gasteiger charge is 2.54. The predicted molar refractivity (Wildman–Crippen MR) is 95.3 cm³/mol. The van der Waals surface area contributed by atoms with E-state index < -0.39 is 48.1 Å². The van der Waals surface area contributed by atoms with Gasteiger partial charge in [0.05, 0.1) is 18.1 Å². The minimum absolute atomic E-state index is 0.206. The van der Waals surface area contributed by atoms with Gasteiger partial charge in [-0.05, 0) is 33.3 Å². The molecule has 3 aliphatic heterocycles. The van der Waals surface area contributed by atoms with Crippen LogP contribution in [0.25, 0.3) is 0 Å². The molecular formula is C20H26O7. The second-order valence-electron chi connectivity index (χ2n) is 7.73. The van der Waals surface area contributed by atoms with Crippen molar-refractivity contribution in [1.82, 2.24) is 0 Å². The van der Waals surface area contributed by atoms with Crippen molar-refractivity contribution < 1.29 is 34.0 Å². The van der Waals surface area contributed by atoms with Gasteiger partial charge in [0, 0.05) is 29.6 Å². The van der Waals surface area contributed by atoms with Crippen molar-refractivity contribution in [3.05, 3.63) is 35.5 Å². The van der Waals surface area contributed by atoms with E-state index in [9.17, 15) is 19.8 Å². The third-order valence-corrected chi connectivity index (χ3v) is 5.75. The van der Waals surface area contributed by atoms with Gasteiger partial charge in [-0.3, -0.25) is 0 Å². The van der Waals surface area contributed by atoms with E-state index in [0.717, 1.165) is 0 Å². The minimum atomic E-state index is -1.64. The lowest BCUT2D eigenvalue weighted by Gasteiger charge is -2.33. The highest BCUT2D eigenvalue weighted by Crippen LogP contribution is 2.47. The number of aliphatic hydroxyl groups excluding tert-OH is 1. The number of allylic oxidation sites excluding steroid dienone is 1. The minimum Gasteiger partial charge on any atom is -0.458 e. The fraction of sp³-hybridized carbons (Fsp3) is 0.600. The fourth-order valence-corrected chi connectivity index (χ4v) is 4.01. The maximum absolute atomic E-state index is 12.4. The van der Waals surface area contributed by atoms with Gasteiger partial charge in [0.2, 0.25) is 0 Å². The average Bonchev–Trinajstić information content (AvgIpc) is 3.08. The summed E-state index contributed by atoms with van der Waals surface area (Å²) < 4.78 is 17.1. The molecule has 0 aliphatic carbocycles. The molecule has 148 valence electrons. The largest absolute Gasteiger partial charge is 0.458 e. The fourth-order valence-electron chi connectivity index (χ4n) is 4.01. The van der Waals surface area contributed by atoms with Gasteiger partial charge in [-0.15, -0.1) is 0 Å². The molecule has 0 spiro atoms. The third kappa shape index (κ3) is 3.47. The first-order valence-electron chi connectivity index (χ1n) is 9.11. The summed E-state index contributed by atoms with van der Waals surface area (Å²) in [6.45, 7) is 8.59. The monoisotopic (exact) mass is 378 g/mol. The Labute approximate surface area is 158 Å². The van der Waals surface area contributed by atoms with E-state index in [4.69, 9.17) is 14.2 Å². The average molecular weight is 378 g/mol. The summed E-state index contributed by atoms with van der Waals surface area (Å²) >= 11 is 0. The van der Waals surface area contributed by atoms with E-state index in [1.807, 2.05) is 6.92 Å². The highest BCUT2D eigenvalue weighted by atomic mass is 16.6. The molecule has 0 radical (unpaired) electrons. The maximum Gasteiger partial charge on any atom is 0.334 e. The van der Waals surface area contributed by atoms with E-state index in [-0.39, 0.29) is 24.0 Å². The third-order valence-electron chi connectivity index (χ3n) is 5.75. The van der Waals surface area contributed by atoms with Gasteiger partial charge in [-0.2, -0.15) is 0 Å². The molecule has 2 N–H and O–H groups in total. The number of hydrogen-bond donors (Lipinski definition) is 2. The Hall–Kier alpha value is -1.96. The van der Waals surface area contributed by atoms with Crippen LogP contribution in [0.15, 0.2) is 35.5 Å². The number of carbonyl (C=O) groups is 2. The van der Waals surface area contributed by atoms with Crippen LogP contribution in [0.1, 0.15) is 40.0 Å². The lowest BCUT2D eigenvalue weighted by molar-refractivity contribution is -0.205. The van der Waals surface area contributed by atoms with Gasteiger partial charge < -0.3 is 24.4 Å². The first-order chi connectivity index (χ1) is 12.6. The Morgan fingerprint density at radius 2 is 2.19 bits per heavy atom. The molecule has 2 bridgehead atoms. The topological polar surface area (TPSA) is 102 Å². The Morgan fingerprint density at radius 3 is 2.81 bits per heavy atom. The molecule has 0 unspecified atom stereocenters. The molecule has 3 heterocycles. The van der Waals surface area contributed by atoms with Gasteiger partial charge >= 0.3 is 11.9 Å². The van der Waals surface area contributed by atoms with Gasteiger partial charge in [0.25, 0.3) is 0 Å². The number of fused-ring (bicyclic) bond motifs is 3. The second kappa shape index (κ2) is 6.89.